The molecule has 7 aromatic rings. The molecule has 3 aromatic heterocycles. The number of anilines is 1. The second-order valence-corrected chi connectivity index (χ2v) is 12.4. The van der Waals surface area contributed by atoms with Crippen LogP contribution in [0.25, 0.3) is 54.3 Å². The molecule has 0 aliphatic carbocycles. The Balaban J connectivity index is 1.08. The van der Waals surface area contributed by atoms with Crippen molar-refractivity contribution >= 4 is 55.8 Å². The normalized spacial score (nSPS) is 11.3. The van der Waals surface area contributed by atoms with Crippen LogP contribution >= 0.6 is 23.1 Å². The first kappa shape index (κ1) is 27.9. The van der Waals surface area contributed by atoms with E-state index >= 15 is 0 Å². The molecule has 0 spiro atoms. The van der Waals surface area contributed by atoms with Crippen LogP contribution in [0.4, 0.5) is 5.69 Å². The van der Waals surface area contributed by atoms with Gasteiger partial charge in [-0.15, -0.1) is 21.5 Å². The van der Waals surface area contributed by atoms with E-state index in [1.165, 1.54) is 22.0 Å². The molecule has 0 radical (unpaired) electrons. The lowest BCUT2D eigenvalue weighted by molar-refractivity contribution is -0.113. The number of carbonyl (C=O) groups is 1. The molecule has 0 atom stereocenters. The number of fused-ring (bicyclic) bond motifs is 2. The van der Waals surface area contributed by atoms with Gasteiger partial charge in [-0.2, -0.15) is 0 Å². The van der Waals surface area contributed by atoms with Crippen molar-refractivity contribution in [2.45, 2.75) is 25.5 Å². The number of aromatic nitrogens is 5. The Labute approximate surface area is 263 Å². The molecule has 4 aromatic carbocycles. The second-order valence-electron chi connectivity index (χ2n) is 10.4. The molecule has 0 aliphatic heterocycles. The first-order valence-electron chi connectivity index (χ1n) is 14.3. The minimum absolute atomic E-state index is 0.105. The summed E-state index contributed by atoms with van der Waals surface area (Å²) in [5.74, 6) is 0.863. The van der Waals surface area contributed by atoms with Crippen LogP contribution in [0.15, 0.2) is 108 Å². The zero-order valence-corrected chi connectivity index (χ0v) is 25.8. The lowest BCUT2D eigenvalue weighted by Crippen LogP contribution is -2.14. The van der Waals surface area contributed by atoms with Gasteiger partial charge in [-0.25, -0.2) is 9.97 Å². The van der Waals surface area contributed by atoms with Crippen LogP contribution in [0.2, 0.25) is 0 Å². The Kier molecular flexibility index (Phi) is 7.64. The van der Waals surface area contributed by atoms with Gasteiger partial charge in [0.05, 0.1) is 27.2 Å². The van der Waals surface area contributed by atoms with Crippen LogP contribution in [0.1, 0.15) is 12.5 Å². The molecular weight excluding hydrogens is 585 g/mol. The summed E-state index contributed by atoms with van der Waals surface area (Å²) in [6.07, 6.45) is 0. The fraction of sp³-hybridized carbons (Fsp3) is 0.114. The van der Waals surface area contributed by atoms with E-state index in [9.17, 15) is 4.79 Å². The Morgan fingerprint density at radius 3 is 2.45 bits per heavy atom. The molecule has 0 unspecified atom stereocenters. The summed E-state index contributed by atoms with van der Waals surface area (Å²) in [5, 5.41) is 14.8. The summed E-state index contributed by atoms with van der Waals surface area (Å²) in [5.41, 5.74) is 7.77. The van der Waals surface area contributed by atoms with Crippen molar-refractivity contribution in [3.05, 3.63) is 109 Å². The summed E-state index contributed by atoms with van der Waals surface area (Å²) in [6.45, 7) is 4.81. The standard InChI is InChI=1S/C35H28N6OS2/c1-3-41-33(27-20-30(23-9-5-4-6-10-23)37-28-12-8-7-11-26(27)28)39-40-35(41)43-21-32(42)36-25-16-14-24(15-17-25)34-38-29-18-13-22(2)19-31(29)44-34/h4-20H,3,21H2,1-2H3,(H,36,42). The average molecular weight is 613 g/mol. The third kappa shape index (κ3) is 5.59. The van der Waals surface area contributed by atoms with Crippen LogP contribution in [0.5, 0.6) is 0 Å². The highest BCUT2D eigenvalue weighted by Crippen LogP contribution is 2.34. The maximum atomic E-state index is 12.9. The molecular formula is C35H28N6OS2. The first-order valence-corrected chi connectivity index (χ1v) is 16.1. The van der Waals surface area contributed by atoms with Crippen LogP contribution in [0.3, 0.4) is 0 Å². The van der Waals surface area contributed by atoms with E-state index in [-0.39, 0.29) is 11.7 Å². The number of thioether (sulfide) groups is 1. The number of amides is 1. The fourth-order valence-electron chi connectivity index (χ4n) is 5.18. The molecule has 0 bridgehead atoms. The molecule has 0 saturated carbocycles. The Morgan fingerprint density at radius 2 is 1.64 bits per heavy atom. The van der Waals surface area contributed by atoms with E-state index < -0.39 is 0 Å². The van der Waals surface area contributed by atoms with Crippen LogP contribution in [-0.2, 0) is 11.3 Å². The highest BCUT2D eigenvalue weighted by atomic mass is 32.2. The number of carbonyl (C=O) groups excluding carboxylic acids is 1. The lowest BCUT2D eigenvalue weighted by Gasteiger charge is -2.12. The van der Waals surface area contributed by atoms with Crippen molar-refractivity contribution in [3.63, 3.8) is 0 Å². The average Bonchev–Trinajstić information content (AvgIpc) is 3.67. The van der Waals surface area contributed by atoms with Gasteiger partial charge in [-0.1, -0.05) is 66.4 Å². The van der Waals surface area contributed by atoms with Crippen molar-refractivity contribution in [3.8, 4) is 33.2 Å². The number of hydrogen-bond acceptors (Lipinski definition) is 7. The summed E-state index contributed by atoms with van der Waals surface area (Å²) in [4.78, 5) is 22.6. The predicted molar refractivity (Wildman–Crippen MR) is 181 cm³/mol. The molecule has 7 nitrogen and oxygen atoms in total. The number of hydrogen-bond donors (Lipinski definition) is 1. The van der Waals surface area contributed by atoms with Crippen molar-refractivity contribution in [2.75, 3.05) is 11.1 Å². The smallest absolute Gasteiger partial charge is 0.234 e. The summed E-state index contributed by atoms with van der Waals surface area (Å²) < 4.78 is 3.23. The fourth-order valence-corrected chi connectivity index (χ4v) is 7.05. The largest absolute Gasteiger partial charge is 0.325 e. The van der Waals surface area contributed by atoms with Gasteiger partial charge in [0.15, 0.2) is 11.0 Å². The Hall–Kier alpha value is -4.86. The van der Waals surface area contributed by atoms with Gasteiger partial charge in [0.2, 0.25) is 5.91 Å². The van der Waals surface area contributed by atoms with E-state index in [2.05, 4.69) is 76.4 Å². The number of thiazole rings is 1. The van der Waals surface area contributed by atoms with Crippen LogP contribution in [0, 0.1) is 6.92 Å². The number of para-hydroxylation sites is 1. The number of pyridine rings is 1. The monoisotopic (exact) mass is 612 g/mol. The molecule has 44 heavy (non-hydrogen) atoms. The molecule has 9 heteroatoms. The number of rotatable bonds is 8. The summed E-state index contributed by atoms with van der Waals surface area (Å²) in [6, 6.07) is 34.4. The topological polar surface area (TPSA) is 85.6 Å². The van der Waals surface area contributed by atoms with Gasteiger partial charge in [0, 0.05) is 34.3 Å². The van der Waals surface area contributed by atoms with Crippen LogP contribution in [-0.4, -0.2) is 36.4 Å². The minimum Gasteiger partial charge on any atom is -0.325 e. The minimum atomic E-state index is -0.105. The third-order valence-electron chi connectivity index (χ3n) is 7.35. The SMILES string of the molecule is CCn1c(SCC(=O)Nc2ccc(-c3nc4ccc(C)cc4s3)cc2)nnc1-c1cc(-c2ccccc2)nc2ccccc12. The Morgan fingerprint density at radius 1 is 0.841 bits per heavy atom. The van der Waals surface area contributed by atoms with Crippen molar-refractivity contribution in [1.82, 2.24) is 24.7 Å². The van der Waals surface area contributed by atoms with Crippen molar-refractivity contribution in [1.29, 1.82) is 0 Å². The quantitative estimate of drug-likeness (QED) is 0.173. The summed E-state index contributed by atoms with van der Waals surface area (Å²) >= 11 is 3.05. The molecule has 0 fully saturated rings. The highest BCUT2D eigenvalue weighted by Gasteiger charge is 2.18. The highest BCUT2D eigenvalue weighted by molar-refractivity contribution is 7.99. The van der Waals surface area contributed by atoms with Gasteiger partial charge in [0.25, 0.3) is 0 Å². The third-order valence-corrected chi connectivity index (χ3v) is 9.39. The lowest BCUT2D eigenvalue weighted by atomic mass is 10.0. The molecule has 1 amide bonds. The van der Waals surface area contributed by atoms with Crippen LogP contribution < -0.4 is 5.32 Å². The van der Waals surface area contributed by atoms with E-state index in [0.29, 0.717) is 11.7 Å². The molecule has 7 rings (SSSR count). The zero-order chi connectivity index (χ0) is 30.0. The van der Waals surface area contributed by atoms with E-state index in [4.69, 9.17) is 9.97 Å². The molecule has 216 valence electrons. The zero-order valence-electron chi connectivity index (χ0n) is 24.2. The van der Waals surface area contributed by atoms with Crippen molar-refractivity contribution < 1.29 is 4.79 Å². The van der Waals surface area contributed by atoms with Gasteiger partial charge < -0.3 is 9.88 Å². The number of aryl methyl sites for hydroxylation is 1. The van der Waals surface area contributed by atoms with Gasteiger partial charge in [0.1, 0.15) is 5.01 Å². The maximum Gasteiger partial charge on any atom is 0.234 e. The Bertz CT molecular complexity index is 2120. The number of benzene rings is 4. The number of nitrogens with zero attached hydrogens (tertiary/aromatic N) is 5. The molecule has 1 N–H and O–H groups in total. The molecule has 3 heterocycles. The molecule has 0 aliphatic rings. The van der Waals surface area contributed by atoms with E-state index in [1.54, 1.807) is 11.3 Å². The van der Waals surface area contributed by atoms with Crippen molar-refractivity contribution in [2.24, 2.45) is 0 Å². The van der Waals surface area contributed by atoms with Gasteiger partial charge in [-0.05, 0) is 67.9 Å². The second kappa shape index (κ2) is 12.0. The first-order chi connectivity index (χ1) is 21.6. The predicted octanol–water partition coefficient (Wildman–Crippen LogP) is 8.50. The van der Waals surface area contributed by atoms with E-state index in [0.717, 1.165) is 55.3 Å². The maximum absolute atomic E-state index is 12.9. The number of nitrogens with one attached hydrogen (secondary N) is 1. The molecule has 0 saturated heterocycles. The van der Waals surface area contributed by atoms with Gasteiger partial charge >= 0.3 is 0 Å². The van der Waals surface area contributed by atoms with E-state index in [1.807, 2.05) is 60.7 Å². The van der Waals surface area contributed by atoms with Gasteiger partial charge in [-0.3, -0.25) is 4.79 Å². The summed E-state index contributed by atoms with van der Waals surface area (Å²) in [7, 11) is 0.